The molecule has 1 aliphatic rings. The number of nitrogens with zero attached hydrogens (tertiary/aromatic N) is 3. The van der Waals surface area contributed by atoms with Crippen molar-refractivity contribution in [3.63, 3.8) is 0 Å². The molecule has 1 aliphatic heterocycles. The second-order valence-electron chi connectivity index (χ2n) is 6.84. The molecule has 0 unspecified atom stereocenters. The average molecular weight is 436 g/mol. The van der Waals surface area contributed by atoms with Crippen molar-refractivity contribution >= 4 is 49.8 Å². The second-order valence-corrected chi connectivity index (χ2v) is 9.41. The first-order chi connectivity index (χ1) is 13.4. The lowest BCUT2D eigenvalue weighted by Gasteiger charge is -2.12. The Labute approximate surface area is 174 Å². The predicted octanol–water partition coefficient (Wildman–Crippen LogP) is 4.69. The highest BCUT2D eigenvalue weighted by atomic mass is 35.5. The van der Waals surface area contributed by atoms with E-state index in [2.05, 4.69) is 23.0 Å². The van der Waals surface area contributed by atoms with E-state index in [-0.39, 0.29) is 14.9 Å². The summed E-state index contributed by atoms with van der Waals surface area (Å²) in [6, 6.07) is 8.31. The van der Waals surface area contributed by atoms with Gasteiger partial charge in [0, 0.05) is 36.4 Å². The van der Waals surface area contributed by atoms with Crippen LogP contribution in [-0.4, -0.2) is 42.4 Å². The zero-order valence-corrected chi connectivity index (χ0v) is 17.6. The molecule has 3 aromatic rings. The summed E-state index contributed by atoms with van der Waals surface area (Å²) in [6.07, 6.45) is 7.21. The second kappa shape index (κ2) is 7.52. The third kappa shape index (κ3) is 3.35. The molecule has 146 valence electrons. The van der Waals surface area contributed by atoms with E-state index in [0.29, 0.717) is 5.65 Å². The van der Waals surface area contributed by atoms with Gasteiger partial charge in [-0.15, -0.1) is 0 Å². The van der Waals surface area contributed by atoms with Gasteiger partial charge in [0.2, 0.25) is 0 Å². The van der Waals surface area contributed by atoms with Gasteiger partial charge in [0.15, 0.2) is 5.65 Å². The first-order valence-corrected chi connectivity index (χ1v) is 11.1. The number of halogens is 2. The van der Waals surface area contributed by atoms with Crippen LogP contribution < -0.4 is 0 Å². The number of aromatic nitrogens is 2. The Morgan fingerprint density at radius 2 is 1.93 bits per heavy atom. The summed E-state index contributed by atoms with van der Waals surface area (Å²) in [5, 5.41) is 1.01. The Kier molecular flexibility index (Phi) is 5.22. The van der Waals surface area contributed by atoms with Gasteiger partial charge < -0.3 is 4.90 Å². The van der Waals surface area contributed by atoms with Gasteiger partial charge in [-0.2, -0.15) is 0 Å². The van der Waals surface area contributed by atoms with Crippen LogP contribution in [0.5, 0.6) is 0 Å². The Morgan fingerprint density at radius 3 is 2.75 bits per heavy atom. The normalized spacial score (nSPS) is 16.2. The maximum absolute atomic E-state index is 13.4. The summed E-state index contributed by atoms with van der Waals surface area (Å²) in [4.78, 5) is 6.58. The van der Waals surface area contributed by atoms with Gasteiger partial charge in [-0.25, -0.2) is 17.4 Å². The van der Waals surface area contributed by atoms with E-state index in [9.17, 15) is 8.42 Å². The Balaban J connectivity index is 1.92. The van der Waals surface area contributed by atoms with Crippen LogP contribution in [0.15, 0.2) is 53.7 Å². The molecule has 8 heteroatoms. The highest BCUT2D eigenvalue weighted by Crippen LogP contribution is 2.35. The minimum absolute atomic E-state index is 0.0128. The summed E-state index contributed by atoms with van der Waals surface area (Å²) in [5.74, 6) is 0. The van der Waals surface area contributed by atoms with Crippen molar-refractivity contribution in [2.75, 3.05) is 20.1 Å². The van der Waals surface area contributed by atoms with Gasteiger partial charge in [0.25, 0.3) is 10.0 Å². The molecule has 0 radical (unpaired) electrons. The lowest BCUT2D eigenvalue weighted by molar-refractivity contribution is 0.355. The quantitative estimate of drug-likeness (QED) is 0.598. The van der Waals surface area contributed by atoms with E-state index < -0.39 is 10.0 Å². The van der Waals surface area contributed by atoms with Crippen LogP contribution in [0.1, 0.15) is 18.4 Å². The van der Waals surface area contributed by atoms with Crippen molar-refractivity contribution in [2.24, 2.45) is 0 Å². The van der Waals surface area contributed by atoms with Crippen molar-refractivity contribution in [3.8, 4) is 0 Å². The van der Waals surface area contributed by atoms with Crippen LogP contribution in [0.4, 0.5) is 0 Å². The van der Waals surface area contributed by atoms with Crippen LogP contribution in [0.25, 0.3) is 16.6 Å². The molecule has 3 heterocycles. The topological polar surface area (TPSA) is 55.2 Å². The van der Waals surface area contributed by atoms with E-state index in [1.807, 2.05) is 12.1 Å². The Morgan fingerprint density at radius 1 is 1.11 bits per heavy atom. The fourth-order valence-electron chi connectivity index (χ4n) is 3.49. The van der Waals surface area contributed by atoms with E-state index in [1.165, 1.54) is 10.0 Å². The van der Waals surface area contributed by atoms with Crippen molar-refractivity contribution < 1.29 is 8.42 Å². The molecule has 1 aromatic carbocycles. The van der Waals surface area contributed by atoms with Crippen LogP contribution in [-0.2, 0) is 10.0 Å². The highest BCUT2D eigenvalue weighted by molar-refractivity contribution is 7.90. The predicted molar refractivity (Wildman–Crippen MR) is 113 cm³/mol. The van der Waals surface area contributed by atoms with E-state index in [0.717, 1.165) is 42.5 Å². The zero-order valence-electron chi connectivity index (χ0n) is 15.3. The van der Waals surface area contributed by atoms with Gasteiger partial charge in [0.1, 0.15) is 4.90 Å². The number of fused-ring (bicyclic) bond motifs is 1. The maximum atomic E-state index is 13.4. The fourth-order valence-corrected chi connectivity index (χ4v) is 5.55. The van der Waals surface area contributed by atoms with Crippen LogP contribution in [0.2, 0.25) is 10.0 Å². The lowest BCUT2D eigenvalue weighted by atomic mass is 10.0. The van der Waals surface area contributed by atoms with Gasteiger partial charge in [-0.05, 0) is 49.7 Å². The molecule has 2 aromatic heterocycles. The average Bonchev–Trinajstić information content (AvgIpc) is 2.94. The highest BCUT2D eigenvalue weighted by Gasteiger charge is 2.26. The fraction of sp³-hybridized carbons (Fsp3) is 0.250. The third-order valence-electron chi connectivity index (χ3n) is 5.00. The molecule has 0 fully saturated rings. The molecule has 0 atom stereocenters. The summed E-state index contributed by atoms with van der Waals surface area (Å²) in [5.41, 5.74) is 2.40. The summed E-state index contributed by atoms with van der Waals surface area (Å²) in [6.45, 7) is 1.91. The van der Waals surface area contributed by atoms with Crippen LogP contribution in [0, 0.1) is 0 Å². The molecule has 0 aliphatic carbocycles. The zero-order chi connectivity index (χ0) is 19.9. The minimum Gasteiger partial charge on any atom is -0.306 e. The van der Waals surface area contributed by atoms with Gasteiger partial charge in [-0.3, -0.25) is 0 Å². The Hall–Kier alpha value is -1.86. The molecule has 28 heavy (non-hydrogen) atoms. The maximum Gasteiger partial charge on any atom is 0.270 e. The molecule has 0 saturated carbocycles. The van der Waals surface area contributed by atoms with Gasteiger partial charge in [-0.1, -0.05) is 35.3 Å². The number of pyridine rings is 1. The number of benzene rings is 1. The largest absolute Gasteiger partial charge is 0.306 e. The van der Waals surface area contributed by atoms with E-state index in [1.54, 1.807) is 24.5 Å². The van der Waals surface area contributed by atoms with Crippen molar-refractivity contribution in [2.45, 2.75) is 17.7 Å². The molecular formula is C20H19Cl2N3O2S. The van der Waals surface area contributed by atoms with Crippen LogP contribution >= 0.6 is 23.2 Å². The minimum atomic E-state index is -3.96. The first kappa shape index (κ1) is 19.5. The third-order valence-corrected chi connectivity index (χ3v) is 7.62. The number of hydrogen-bond donors (Lipinski definition) is 0. The van der Waals surface area contributed by atoms with E-state index in [4.69, 9.17) is 23.2 Å². The van der Waals surface area contributed by atoms with Gasteiger partial charge in [0.05, 0.1) is 10.0 Å². The SMILES string of the molecule is CN1CCC=C(c2cn(S(=O)(=O)c3cccc(Cl)c3Cl)c3ncccc23)CC1. The summed E-state index contributed by atoms with van der Waals surface area (Å²) < 4.78 is 28.0. The number of hydrogen-bond acceptors (Lipinski definition) is 4. The van der Waals surface area contributed by atoms with Crippen molar-refractivity contribution in [1.82, 2.24) is 13.9 Å². The van der Waals surface area contributed by atoms with Crippen LogP contribution in [0.3, 0.4) is 0 Å². The number of rotatable bonds is 3. The molecule has 0 saturated heterocycles. The van der Waals surface area contributed by atoms with Crippen molar-refractivity contribution in [1.29, 1.82) is 0 Å². The van der Waals surface area contributed by atoms with Gasteiger partial charge >= 0.3 is 0 Å². The Bertz CT molecular complexity index is 1190. The molecule has 0 spiro atoms. The molecule has 0 amide bonds. The first-order valence-electron chi connectivity index (χ1n) is 8.93. The lowest BCUT2D eigenvalue weighted by Crippen LogP contribution is -2.18. The summed E-state index contributed by atoms with van der Waals surface area (Å²) in [7, 11) is -1.87. The molecular weight excluding hydrogens is 417 g/mol. The molecule has 5 nitrogen and oxygen atoms in total. The standard InChI is InChI=1S/C20H19Cl2N3O2S/c1-24-11-4-5-14(9-12-24)16-13-25(20-15(16)6-3-10-23-20)28(26,27)18-8-2-7-17(21)19(18)22/h2-3,5-8,10,13H,4,9,11-12H2,1H3. The molecule has 0 N–H and O–H groups in total. The van der Waals surface area contributed by atoms with Crippen molar-refractivity contribution in [3.05, 3.63) is 64.4 Å². The monoisotopic (exact) mass is 435 g/mol. The van der Waals surface area contributed by atoms with E-state index >= 15 is 0 Å². The summed E-state index contributed by atoms with van der Waals surface area (Å²) >= 11 is 12.3. The molecule has 0 bridgehead atoms. The smallest absolute Gasteiger partial charge is 0.270 e. The molecule has 4 rings (SSSR count).